The van der Waals surface area contributed by atoms with Crippen LogP contribution in [0.25, 0.3) is 6.08 Å². The molecule has 0 spiro atoms. The summed E-state index contributed by atoms with van der Waals surface area (Å²) in [7, 11) is 3.01. The van der Waals surface area contributed by atoms with Crippen LogP contribution in [0.2, 0.25) is 10.0 Å². The van der Waals surface area contributed by atoms with Gasteiger partial charge in [0.05, 0.1) is 24.9 Å². The highest BCUT2D eigenvalue weighted by atomic mass is 35.5. The number of ether oxygens (including phenoxy) is 2. The molecule has 1 fully saturated rings. The van der Waals surface area contributed by atoms with Crippen LogP contribution < -0.4 is 19.7 Å². The minimum atomic E-state index is -0.605. The van der Waals surface area contributed by atoms with E-state index in [4.69, 9.17) is 44.9 Å². The fraction of sp³-hybridized carbons (Fsp3) is 0.105. The van der Waals surface area contributed by atoms with Gasteiger partial charge in [0.25, 0.3) is 11.8 Å². The second-order valence-corrected chi connectivity index (χ2v) is 6.90. The molecule has 6 nitrogen and oxygen atoms in total. The number of nitrogens with one attached hydrogen (secondary N) is 1. The maximum Gasteiger partial charge on any atom is 0.270 e. The molecule has 0 saturated carbocycles. The van der Waals surface area contributed by atoms with Crippen LogP contribution in [0.1, 0.15) is 5.56 Å². The number of benzene rings is 2. The highest BCUT2D eigenvalue weighted by Crippen LogP contribution is 2.32. The van der Waals surface area contributed by atoms with Crippen LogP contribution in [0, 0.1) is 0 Å². The molecular weight excluding hydrogens is 423 g/mol. The predicted molar refractivity (Wildman–Crippen MR) is 112 cm³/mol. The van der Waals surface area contributed by atoms with Gasteiger partial charge < -0.3 is 9.47 Å². The molecule has 1 aliphatic rings. The molecule has 0 aromatic heterocycles. The highest BCUT2D eigenvalue weighted by Gasteiger charge is 2.35. The van der Waals surface area contributed by atoms with Crippen molar-refractivity contribution in [1.29, 1.82) is 0 Å². The highest BCUT2D eigenvalue weighted by molar-refractivity contribution is 7.80. The fourth-order valence-corrected chi connectivity index (χ4v) is 3.42. The minimum absolute atomic E-state index is 0.0660. The van der Waals surface area contributed by atoms with Gasteiger partial charge in [-0.1, -0.05) is 29.3 Å². The smallest absolute Gasteiger partial charge is 0.270 e. The largest absolute Gasteiger partial charge is 0.493 e. The average Bonchev–Trinajstić information content (AvgIpc) is 2.66. The first-order chi connectivity index (χ1) is 13.3. The van der Waals surface area contributed by atoms with E-state index in [0.29, 0.717) is 27.8 Å². The van der Waals surface area contributed by atoms with Gasteiger partial charge in [0.2, 0.25) is 0 Å². The Kier molecular flexibility index (Phi) is 5.88. The maximum absolute atomic E-state index is 13.0. The first-order valence-electron chi connectivity index (χ1n) is 7.94. The van der Waals surface area contributed by atoms with Crippen LogP contribution in [0.5, 0.6) is 11.5 Å². The van der Waals surface area contributed by atoms with Gasteiger partial charge in [0.1, 0.15) is 5.57 Å². The number of hydrogen-bond donors (Lipinski definition) is 1. The Bertz CT molecular complexity index is 1020. The standard InChI is InChI=1S/C19H14Cl2N2O4S/c1-26-15-6-3-10(8-16(15)27-2)7-12-17(24)22-19(28)23(18(12)25)14-5-4-11(20)9-13(14)21/h3-9H,1-2H3,(H,22,24,28). The van der Waals surface area contributed by atoms with Crippen LogP contribution in [-0.4, -0.2) is 31.1 Å². The van der Waals surface area contributed by atoms with Gasteiger partial charge in [-0.2, -0.15) is 0 Å². The van der Waals surface area contributed by atoms with Crippen molar-refractivity contribution >= 4 is 64.1 Å². The number of carbonyl (C=O) groups is 2. The lowest BCUT2D eigenvalue weighted by atomic mass is 10.1. The Balaban J connectivity index is 2.04. The zero-order valence-corrected chi connectivity index (χ0v) is 17.1. The van der Waals surface area contributed by atoms with Crippen molar-refractivity contribution < 1.29 is 19.1 Å². The molecule has 0 radical (unpaired) electrons. The zero-order chi connectivity index (χ0) is 20.4. The number of halogens is 2. The lowest BCUT2D eigenvalue weighted by Crippen LogP contribution is -2.54. The summed E-state index contributed by atoms with van der Waals surface area (Å²) in [5, 5.41) is 3.08. The molecule has 2 aromatic rings. The molecule has 1 N–H and O–H groups in total. The number of hydrogen-bond acceptors (Lipinski definition) is 5. The lowest BCUT2D eigenvalue weighted by molar-refractivity contribution is -0.122. The van der Waals surface area contributed by atoms with Crippen molar-refractivity contribution in [3.05, 3.63) is 57.6 Å². The molecule has 1 aliphatic heterocycles. The van der Waals surface area contributed by atoms with Gasteiger partial charge in [-0.05, 0) is 54.2 Å². The van der Waals surface area contributed by atoms with Crippen LogP contribution in [0.3, 0.4) is 0 Å². The second kappa shape index (κ2) is 8.18. The molecule has 2 aromatic carbocycles. The second-order valence-electron chi connectivity index (χ2n) is 5.67. The first-order valence-corrected chi connectivity index (χ1v) is 9.10. The predicted octanol–water partition coefficient (Wildman–Crippen LogP) is 3.84. The Morgan fingerprint density at radius 3 is 2.39 bits per heavy atom. The van der Waals surface area contributed by atoms with Crippen molar-refractivity contribution in [2.24, 2.45) is 0 Å². The van der Waals surface area contributed by atoms with E-state index in [0.717, 1.165) is 4.90 Å². The maximum atomic E-state index is 13.0. The third-order valence-electron chi connectivity index (χ3n) is 3.97. The van der Waals surface area contributed by atoms with Crippen LogP contribution in [0.15, 0.2) is 42.0 Å². The zero-order valence-electron chi connectivity index (χ0n) is 14.8. The summed E-state index contributed by atoms with van der Waals surface area (Å²) >= 11 is 17.3. The van der Waals surface area contributed by atoms with Crippen molar-refractivity contribution in [3.8, 4) is 11.5 Å². The third-order valence-corrected chi connectivity index (χ3v) is 4.79. The number of thiocarbonyl (C=S) groups is 1. The van der Waals surface area contributed by atoms with Gasteiger partial charge in [-0.3, -0.25) is 19.8 Å². The molecule has 0 unspecified atom stereocenters. The molecule has 9 heteroatoms. The number of anilines is 1. The minimum Gasteiger partial charge on any atom is -0.493 e. The summed E-state index contributed by atoms with van der Waals surface area (Å²) in [4.78, 5) is 26.6. The molecule has 0 aliphatic carbocycles. The Morgan fingerprint density at radius 2 is 1.75 bits per heavy atom. The summed E-state index contributed by atoms with van der Waals surface area (Å²) in [6, 6.07) is 9.64. The Labute approximate surface area is 176 Å². The van der Waals surface area contributed by atoms with E-state index in [2.05, 4.69) is 5.32 Å². The van der Waals surface area contributed by atoms with Gasteiger partial charge in [-0.15, -0.1) is 0 Å². The summed E-state index contributed by atoms with van der Waals surface area (Å²) in [5.41, 5.74) is 0.789. The monoisotopic (exact) mass is 436 g/mol. The molecule has 2 amide bonds. The molecule has 3 rings (SSSR count). The van der Waals surface area contributed by atoms with Crippen LogP contribution in [0.4, 0.5) is 5.69 Å². The number of methoxy groups -OCH3 is 2. The Hall–Kier alpha value is -2.61. The van der Waals surface area contributed by atoms with E-state index in [9.17, 15) is 9.59 Å². The Morgan fingerprint density at radius 1 is 1.04 bits per heavy atom. The summed E-state index contributed by atoms with van der Waals surface area (Å²) in [5.74, 6) is -0.215. The summed E-state index contributed by atoms with van der Waals surface area (Å²) in [6.07, 6.45) is 1.44. The molecular formula is C19H14Cl2N2O4S. The third kappa shape index (κ3) is 3.82. The van der Waals surface area contributed by atoms with E-state index < -0.39 is 11.8 Å². The molecule has 1 saturated heterocycles. The van der Waals surface area contributed by atoms with E-state index in [1.807, 2.05) is 0 Å². The quantitative estimate of drug-likeness (QED) is 0.447. The SMILES string of the molecule is COc1ccc(C=C2C(=O)NC(=S)N(c3ccc(Cl)cc3Cl)C2=O)cc1OC. The van der Waals surface area contributed by atoms with Crippen molar-refractivity contribution in [2.45, 2.75) is 0 Å². The van der Waals surface area contributed by atoms with Crippen molar-refractivity contribution in [2.75, 3.05) is 19.1 Å². The number of amides is 2. The van der Waals surface area contributed by atoms with E-state index >= 15 is 0 Å². The van der Waals surface area contributed by atoms with E-state index in [1.54, 1.807) is 30.3 Å². The van der Waals surface area contributed by atoms with Gasteiger partial charge in [-0.25, -0.2) is 0 Å². The van der Waals surface area contributed by atoms with Gasteiger partial charge >= 0.3 is 0 Å². The fourth-order valence-electron chi connectivity index (χ4n) is 2.65. The van der Waals surface area contributed by atoms with E-state index in [-0.39, 0.29) is 15.7 Å². The topological polar surface area (TPSA) is 67.9 Å². The van der Waals surface area contributed by atoms with Crippen molar-refractivity contribution in [3.63, 3.8) is 0 Å². The number of carbonyl (C=O) groups excluding carboxylic acids is 2. The molecule has 1 heterocycles. The summed E-state index contributed by atoms with van der Waals surface area (Å²) in [6.45, 7) is 0. The first kappa shape index (κ1) is 20.1. The molecule has 144 valence electrons. The number of rotatable bonds is 4. The van der Waals surface area contributed by atoms with Crippen LogP contribution in [-0.2, 0) is 9.59 Å². The molecule has 28 heavy (non-hydrogen) atoms. The average molecular weight is 437 g/mol. The van der Waals surface area contributed by atoms with Crippen molar-refractivity contribution in [1.82, 2.24) is 5.32 Å². The number of nitrogens with zero attached hydrogens (tertiary/aromatic N) is 1. The lowest BCUT2D eigenvalue weighted by Gasteiger charge is -2.29. The van der Waals surface area contributed by atoms with E-state index in [1.165, 1.54) is 26.4 Å². The van der Waals surface area contributed by atoms with Gasteiger partial charge in [0.15, 0.2) is 16.6 Å². The molecule has 0 bridgehead atoms. The van der Waals surface area contributed by atoms with Gasteiger partial charge in [0, 0.05) is 5.02 Å². The molecule has 0 atom stereocenters. The van der Waals surface area contributed by atoms with Crippen LogP contribution >= 0.6 is 35.4 Å². The summed E-state index contributed by atoms with van der Waals surface area (Å²) < 4.78 is 10.4. The normalized spacial score (nSPS) is 15.6.